The highest BCUT2D eigenvalue weighted by Gasteiger charge is 2.19. The molecule has 2 amide bonds. The molecule has 0 bridgehead atoms. The first-order chi connectivity index (χ1) is 12.9. The van der Waals surface area contributed by atoms with Crippen molar-refractivity contribution < 1.29 is 18.4 Å². The molecular weight excluding hydrogens is 370 g/mol. The summed E-state index contributed by atoms with van der Waals surface area (Å²) in [6.07, 6.45) is 0.373. The summed E-state index contributed by atoms with van der Waals surface area (Å²) in [5.41, 5.74) is 8.52. The lowest BCUT2D eigenvalue weighted by atomic mass is 10.0. The zero-order valence-electron chi connectivity index (χ0n) is 14.0. The lowest BCUT2D eigenvalue weighted by Gasteiger charge is -2.08. The molecule has 3 aromatic rings. The van der Waals surface area contributed by atoms with Gasteiger partial charge in [-0.05, 0) is 29.3 Å². The second-order valence-electron chi connectivity index (χ2n) is 5.71. The van der Waals surface area contributed by atoms with Gasteiger partial charge in [-0.1, -0.05) is 24.3 Å². The molecule has 0 fully saturated rings. The first-order valence-electron chi connectivity index (χ1n) is 7.77. The molecule has 1 atom stereocenters. The molecule has 1 unspecified atom stereocenters. The van der Waals surface area contributed by atoms with Gasteiger partial charge in [-0.25, -0.2) is 15.1 Å². The van der Waals surface area contributed by atoms with E-state index in [4.69, 9.17) is 16.1 Å². The van der Waals surface area contributed by atoms with Crippen molar-refractivity contribution in [3.05, 3.63) is 48.0 Å². The maximum absolute atomic E-state index is 11.8. The van der Waals surface area contributed by atoms with Gasteiger partial charge in [-0.2, -0.15) is 0 Å². The summed E-state index contributed by atoms with van der Waals surface area (Å²) in [6.45, 7) is 0. The fourth-order valence-electron chi connectivity index (χ4n) is 2.81. The van der Waals surface area contributed by atoms with E-state index in [2.05, 4.69) is 10.3 Å². The number of nitrogens with two attached hydrogens (primary N) is 2. The molecule has 7 N–H and O–H groups in total. The Morgan fingerprint density at radius 1 is 1.26 bits per heavy atom. The fourth-order valence-corrected chi connectivity index (χ4v) is 3.10. The normalized spacial score (nSPS) is 11.9. The highest BCUT2D eigenvalue weighted by atomic mass is 32.2. The molecule has 140 valence electrons. The van der Waals surface area contributed by atoms with Crippen LogP contribution in [0.2, 0.25) is 0 Å². The third-order valence-electron chi connectivity index (χ3n) is 3.99. The molecule has 0 saturated carbocycles. The lowest BCUT2D eigenvalue weighted by Crippen LogP contribution is -2.31. The van der Waals surface area contributed by atoms with Crippen LogP contribution < -0.4 is 21.9 Å². The van der Waals surface area contributed by atoms with E-state index < -0.39 is 17.0 Å². The standard InChI is InChI=1S/C17H17N5O4S/c18-16(24)15-13-5-4-11(7-14(13)21-17(15)22(19)9-23)10-2-1-3-12(6-10)20-8-27(25)26/h1-7,9,20-21H,8,19H2,(H2,18,24)(H,25,26). The number of rotatable bonds is 7. The SMILES string of the molecule is NC(=O)c1c(N(N)C=O)[nH]c2cc(-c3cccc(NCS(=O)O)c3)ccc12. The van der Waals surface area contributed by atoms with Crippen molar-refractivity contribution >= 4 is 45.8 Å². The van der Waals surface area contributed by atoms with Crippen molar-refractivity contribution in [1.29, 1.82) is 0 Å². The van der Waals surface area contributed by atoms with Crippen LogP contribution in [0.25, 0.3) is 22.0 Å². The average Bonchev–Trinajstić information content (AvgIpc) is 3.04. The number of hydrazine groups is 1. The number of H-pyrrole nitrogens is 1. The number of primary amides is 1. The topological polar surface area (TPSA) is 155 Å². The predicted octanol–water partition coefficient (Wildman–Crippen LogP) is 1.36. The number of nitrogens with zero attached hydrogens (tertiary/aromatic N) is 1. The number of hydrogen-bond acceptors (Lipinski definition) is 5. The molecule has 0 aliphatic carbocycles. The Balaban J connectivity index is 2.04. The van der Waals surface area contributed by atoms with Gasteiger partial charge < -0.3 is 20.6 Å². The van der Waals surface area contributed by atoms with Crippen LogP contribution >= 0.6 is 0 Å². The summed E-state index contributed by atoms with van der Waals surface area (Å²) >= 11 is -1.95. The Kier molecular flexibility index (Phi) is 5.21. The van der Waals surface area contributed by atoms with Crippen molar-refractivity contribution in [2.75, 3.05) is 16.2 Å². The van der Waals surface area contributed by atoms with Gasteiger partial charge >= 0.3 is 0 Å². The maximum atomic E-state index is 11.8. The van der Waals surface area contributed by atoms with E-state index in [9.17, 15) is 13.8 Å². The molecule has 1 aromatic heterocycles. The molecule has 2 aromatic carbocycles. The molecular formula is C17H17N5O4S. The molecule has 1 heterocycles. The van der Waals surface area contributed by atoms with E-state index in [1.54, 1.807) is 24.3 Å². The monoisotopic (exact) mass is 387 g/mol. The number of hydrogen-bond donors (Lipinski definition) is 5. The minimum Gasteiger partial charge on any atom is -0.372 e. The van der Waals surface area contributed by atoms with Crippen LogP contribution in [-0.2, 0) is 15.9 Å². The lowest BCUT2D eigenvalue weighted by molar-refractivity contribution is -0.107. The van der Waals surface area contributed by atoms with Crippen LogP contribution in [0, 0.1) is 0 Å². The molecule has 3 rings (SSSR count). The second kappa shape index (κ2) is 7.58. The van der Waals surface area contributed by atoms with Gasteiger partial charge in [0.1, 0.15) is 11.7 Å². The minimum atomic E-state index is -1.95. The number of carbonyl (C=O) groups is 2. The molecule has 0 aliphatic rings. The van der Waals surface area contributed by atoms with Crippen molar-refractivity contribution in [3.63, 3.8) is 0 Å². The van der Waals surface area contributed by atoms with E-state index in [1.165, 1.54) is 0 Å². The number of anilines is 2. The van der Waals surface area contributed by atoms with Gasteiger partial charge in [0.15, 0.2) is 11.1 Å². The number of carbonyl (C=O) groups excluding carboxylic acids is 2. The van der Waals surface area contributed by atoms with Crippen LogP contribution in [0.3, 0.4) is 0 Å². The van der Waals surface area contributed by atoms with Gasteiger partial charge in [-0.15, -0.1) is 0 Å². The molecule has 0 aliphatic heterocycles. The molecule has 9 nitrogen and oxygen atoms in total. The third kappa shape index (κ3) is 3.82. The minimum absolute atomic E-state index is 0.0809. The van der Waals surface area contributed by atoms with Crippen LogP contribution in [0.15, 0.2) is 42.5 Å². The first-order valence-corrected chi connectivity index (χ1v) is 9.05. The van der Waals surface area contributed by atoms with Crippen LogP contribution in [-0.4, -0.2) is 31.9 Å². The first kappa shape index (κ1) is 18.6. The summed E-state index contributed by atoms with van der Waals surface area (Å²) in [5.74, 6) is 4.93. The largest absolute Gasteiger partial charge is 0.372 e. The van der Waals surface area contributed by atoms with Crippen LogP contribution in [0.4, 0.5) is 11.5 Å². The van der Waals surface area contributed by atoms with Gasteiger partial charge in [0.2, 0.25) is 6.41 Å². The zero-order chi connectivity index (χ0) is 19.6. The molecule has 0 spiro atoms. The number of nitrogens with one attached hydrogen (secondary N) is 2. The van der Waals surface area contributed by atoms with E-state index >= 15 is 0 Å². The van der Waals surface area contributed by atoms with Gasteiger partial charge in [0.05, 0.1) is 5.56 Å². The molecule has 27 heavy (non-hydrogen) atoms. The third-order valence-corrected chi connectivity index (χ3v) is 4.38. The predicted molar refractivity (Wildman–Crippen MR) is 104 cm³/mol. The Hall–Kier alpha value is -3.21. The van der Waals surface area contributed by atoms with E-state index in [-0.39, 0.29) is 17.3 Å². The summed E-state index contributed by atoms with van der Waals surface area (Å²) in [5, 5.41) is 4.17. The van der Waals surface area contributed by atoms with Crippen molar-refractivity contribution in [3.8, 4) is 11.1 Å². The molecule has 0 saturated heterocycles. The summed E-state index contributed by atoms with van der Waals surface area (Å²) in [4.78, 5) is 25.7. The van der Waals surface area contributed by atoms with Crippen LogP contribution in [0.1, 0.15) is 10.4 Å². The fraction of sp³-hybridized carbons (Fsp3) is 0.0588. The Morgan fingerprint density at radius 2 is 2.00 bits per heavy atom. The van der Waals surface area contributed by atoms with Crippen molar-refractivity contribution in [1.82, 2.24) is 4.98 Å². The quantitative estimate of drug-likeness (QED) is 0.136. The van der Waals surface area contributed by atoms with Gasteiger partial charge in [0, 0.05) is 16.6 Å². The highest BCUT2D eigenvalue weighted by Crippen LogP contribution is 2.31. The molecule has 10 heteroatoms. The van der Waals surface area contributed by atoms with E-state index in [1.807, 2.05) is 18.2 Å². The number of aromatic amines is 1. The Bertz CT molecular complexity index is 1050. The second-order valence-corrected chi connectivity index (χ2v) is 6.64. The summed E-state index contributed by atoms with van der Waals surface area (Å²) in [7, 11) is 0. The maximum Gasteiger partial charge on any atom is 0.253 e. The summed E-state index contributed by atoms with van der Waals surface area (Å²) in [6, 6.07) is 12.6. The van der Waals surface area contributed by atoms with Gasteiger partial charge in [-0.3, -0.25) is 9.59 Å². The Morgan fingerprint density at radius 3 is 2.67 bits per heavy atom. The number of aromatic nitrogens is 1. The zero-order valence-corrected chi connectivity index (χ0v) is 14.8. The van der Waals surface area contributed by atoms with Crippen molar-refractivity contribution in [2.24, 2.45) is 11.6 Å². The number of fused-ring (bicyclic) bond motifs is 1. The van der Waals surface area contributed by atoms with Gasteiger partial charge in [0.25, 0.3) is 5.91 Å². The highest BCUT2D eigenvalue weighted by molar-refractivity contribution is 7.79. The van der Waals surface area contributed by atoms with Crippen LogP contribution in [0.5, 0.6) is 0 Å². The van der Waals surface area contributed by atoms with E-state index in [0.29, 0.717) is 23.0 Å². The smallest absolute Gasteiger partial charge is 0.253 e. The van der Waals surface area contributed by atoms with E-state index in [0.717, 1.165) is 16.1 Å². The molecule has 0 radical (unpaired) electrons. The Labute approximate surface area is 156 Å². The number of benzene rings is 2. The van der Waals surface area contributed by atoms with Crippen molar-refractivity contribution in [2.45, 2.75) is 0 Å². The average molecular weight is 387 g/mol. The summed E-state index contributed by atoms with van der Waals surface area (Å²) < 4.78 is 19.7. The number of amides is 2.